The predicted molar refractivity (Wildman–Crippen MR) is 94.7 cm³/mol. The largest absolute Gasteiger partial charge is 0.445 e. The summed E-state index contributed by atoms with van der Waals surface area (Å²) in [6.45, 7) is 6.71. The van der Waals surface area contributed by atoms with Crippen LogP contribution in [0.3, 0.4) is 0 Å². The van der Waals surface area contributed by atoms with Crippen LogP contribution in [0.25, 0.3) is 0 Å². The summed E-state index contributed by atoms with van der Waals surface area (Å²) in [5.74, 6) is 0.414. The third-order valence-electron chi connectivity index (χ3n) is 4.85. The number of benzene rings is 1. The molecule has 1 fully saturated rings. The molecule has 1 aliphatic heterocycles. The third-order valence-corrected chi connectivity index (χ3v) is 4.85. The number of carbonyl (C=O) groups excluding carboxylic acids is 1. The van der Waals surface area contributed by atoms with E-state index < -0.39 is 0 Å². The summed E-state index contributed by atoms with van der Waals surface area (Å²) in [6.07, 6.45) is 2.40. The number of ether oxygens (including phenoxy) is 1. The Morgan fingerprint density at radius 2 is 2.12 bits per heavy atom. The summed E-state index contributed by atoms with van der Waals surface area (Å²) in [5.41, 5.74) is 0.982. The highest BCUT2D eigenvalue weighted by molar-refractivity contribution is 5.67. The van der Waals surface area contributed by atoms with Crippen LogP contribution in [0.2, 0.25) is 0 Å². The van der Waals surface area contributed by atoms with E-state index in [0.717, 1.165) is 37.9 Å². The molecule has 5 nitrogen and oxygen atoms in total. The molecule has 1 saturated heterocycles. The molecule has 0 saturated carbocycles. The number of nitrogens with zero attached hydrogens (tertiary/aromatic N) is 1. The summed E-state index contributed by atoms with van der Waals surface area (Å²) in [7, 11) is 0. The van der Waals surface area contributed by atoms with Crippen LogP contribution >= 0.6 is 0 Å². The first-order valence-electron chi connectivity index (χ1n) is 8.94. The average Bonchev–Trinajstić information content (AvgIpc) is 2.60. The Balaban J connectivity index is 1.85. The minimum atomic E-state index is -0.363. The Hall–Kier alpha value is -1.59. The van der Waals surface area contributed by atoms with Gasteiger partial charge in [-0.3, -0.25) is 4.90 Å². The van der Waals surface area contributed by atoms with Crippen LogP contribution in [0.15, 0.2) is 30.3 Å². The number of rotatable bonds is 7. The second-order valence-electron chi connectivity index (χ2n) is 6.73. The summed E-state index contributed by atoms with van der Waals surface area (Å²) in [5, 5.41) is 12.3. The lowest BCUT2D eigenvalue weighted by Crippen LogP contribution is -2.53. The lowest BCUT2D eigenvalue weighted by molar-refractivity contribution is 0.0804. The van der Waals surface area contributed by atoms with Crippen LogP contribution in [-0.2, 0) is 11.3 Å². The van der Waals surface area contributed by atoms with Gasteiger partial charge in [-0.2, -0.15) is 0 Å². The van der Waals surface area contributed by atoms with Crippen molar-refractivity contribution in [1.29, 1.82) is 0 Å². The van der Waals surface area contributed by atoms with Crippen molar-refractivity contribution >= 4 is 6.09 Å². The number of aliphatic hydroxyl groups is 1. The van der Waals surface area contributed by atoms with Crippen LogP contribution < -0.4 is 5.32 Å². The first kappa shape index (κ1) is 18.7. The second kappa shape index (κ2) is 9.64. The van der Waals surface area contributed by atoms with Crippen molar-refractivity contribution < 1.29 is 14.6 Å². The number of nitrogens with one attached hydrogen (secondary N) is 1. The van der Waals surface area contributed by atoms with Crippen molar-refractivity contribution in [2.75, 3.05) is 19.7 Å². The zero-order chi connectivity index (χ0) is 17.4. The molecular formula is C19H30N2O3. The van der Waals surface area contributed by atoms with Gasteiger partial charge in [0.2, 0.25) is 0 Å². The highest BCUT2D eigenvalue weighted by Gasteiger charge is 2.30. The molecule has 2 N–H and O–H groups in total. The standard InChI is InChI=1S/C19H30N2O3/c1-3-15(2)21-12-17(9-10-22)11-18(13-21)20-19(23)24-14-16-7-5-4-6-8-16/h4-8,15,17-18,22H,3,9-14H2,1-2H3,(H,20,23). The second-order valence-corrected chi connectivity index (χ2v) is 6.73. The SMILES string of the molecule is CCC(C)N1CC(CCO)CC(NC(=O)OCc2ccccc2)C1. The van der Waals surface area contributed by atoms with E-state index in [1.807, 2.05) is 30.3 Å². The third kappa shape index (κ3) is 5.80. The van der Waals surface area contributed by atoms with Crippen molar-refractivity contribution in [3.8, 4) is 0 Å². The van der Waals surface area contributed by atoms with Gasteiger partial charge in [-0.15, -0.1) is 0 Å². The molecule has 24 heavy (non-hydrogen) atoms. The smallest absolute Gasteiger partial charge is 0.407 e. The van der Waals surface area contributed by atoms with Crippen molar-refractivity contribution in [2.24, 2.45) is 5.92 Å². The van der Waals surface area contributed by atoms with Gasteiger partial charge in [0.15, 0.2) is 0 Å². The quantitative estimate of drug-likeness (QED) is 0.805. The van der Waals surface area contributed by atoms with E-state index in [-0.39, 0.29) is 25.3 Å². The van der Waals surface area contributed by atoms with Crippen molar-refractivity contribution in [1.82, 2.24) is 10.2 Å². The lowest BCUT2D eigenvalue weighted by Gasteiger charge is -2.40. The molecule has 1 aromatic rings. The van der Waals surface area contributed by atoms with E-state index in [1.165, 1.54) is 0 Å². The Kier molecular flexibility index (Phi) is 7.53. The molecule has 0 radical (unpaired) electrons. The van der Waals surface area contributed by atoms with Crippen molar-refractivity contribution in [3.63, 3.8) is 0 Å². The fraction of sp³-hybridized carbons (Fsp3) is 0.632. The molecule has 5 heteroatoms. The number of hydrogen-bond donors (Lipinski definition) is 2. The molecule has 3 unspecified atom stereocenters. The molecule has 0 spiro atoms. The average molecular weight is 334 g/mol. The zero-order valence-corrected chi connectivity index (χ0v) is 14.8. The molecule has 3 atom stereocenters. The number of amides is 1. The molecule has 2 rings (SSSR count). The molecule has 0 bridgehead atoms. The minimum absolute atomic E-state index is 0.0765. The monoisotopic (exact) mass is 334 g/mol. The number of piperidine rings is 1. The predicted octanol–water partition coefficient (Wildman–Crippen LogP) is 2.78. The summed E-state index contributed by atoms with van der Waals surface area (Å²) >= 11 is 0. The Morgan fingerprint density at radius 1 is 1.38 bits per heavy atom. The minimum Gasteiger partial charge on any atom is -0.445 e. The number of aliphatic hydroxyl groups excluding tert-OH is 1. The van der Waals surface area contributed by atoms with Crippen LogP contribution in [0, 0.1) is 5.92 Å². The Morgan fingerprint density at radius 3 is 2.79 bits per heavy atom. The van der Waals surface area contributed by atoms with E-state index in [4.69, 9.17) is 4.74 Å². The summed E-state index contributed by atoms with van der Waals surface area (Å²) < 4.78 is 5.33. The zero-order valence-electron chi connectivity index (χ0n) is 14.8. The van der Waals surface area contributed by atoms with Crippen molar-refractivity contribution in [2.45, 2.75) is 51.8 Å². The molecule has 1 heterocycles. The number of likely N-dealkylation sites (tertiary alicyclic amines) is 1. The summed E-state index contributed by atoms with van der Waals surface area (Å²) in [6, 6.07) is 10.2. The van der Waals surface area contributed by atoms with E-state index in [9.17, 15) is 9.90 Å². The van der Waals surface area contributed by atoms with Crippen LogP contribution in [0.1, 0.15) is 38.7 Å². The normalized spacial score (nSPS) is 22.8. The van der Waals surface area contributed by atoms with Gasteiger partial charge >= 0.3 is 6.09 Å². The van der Waals surface area contributed by atoms with Gasteiger partial charge < -0.3 is 15.2 Å². The molecule has 1 amide bonds. The topological polar surface area (TPSA) is 61.8 Å². The van der Waals surface area contributed by atoms with E-state index in [0.29, 0.717) is 12.0 Å². The van der Waals surface area contributed by atoms with Gasteiger partial charge in [0.1, 0.15) is 6.61 Å². The van der Waals surface area contributed by atoms with Crippen LogP contribution in [0.4, 0.5) is 4.79 Å². The highest BCUT2D eigenvalue weighted by atomic mass is 16.5. The van der Waals surface area contributed by atoms with Gasteiger partial charge in [0.05, 0.1) is 0 Å². The first-order chi connectivity index (χ1) is 11.6. The van der Waals surface area contributed by atoms with Gasteiger partial charge in [-0.05, 0) is 37.7 Å². The van der Waals surface area contributed by atoms with Crippen LogP contribution in [0.5, 0.6) is 0 Å². The fourth-order valence-corrected chi connectivity index (χ4v) is 3.29. The number of alkyl carbamates (subject to hydrolysis) is 1. The molecule has 1 aliphatic rings. The van der Waals surface area contributed by atoms with Crippen LogP contribution in [-0.4, -0.2) is 47.9 Å². The fourth-order valence-electron chi connectivity index (χ4n) is 3.29. The Labute approximate surface area is 145 Å². The number of carbonyl (C=O) groups is 1. The van der Waals surface area contributed by atoms with Gasteiger partial charge in [-0.25, -0.2) is 4.79 Å². The molecule has 134 valence electrons. The number of hydrogen-bond acceptors (Lipinski definition) is 4. The maximum Gasteiger partial charge on any atom is 0.407 e. The molecular weight excluding hydrogens is 304 g/mol. The molecule has 0 aromatic heterocycles. The van der Waals surface area contributed by atoms with E-state index in [1.54, 1.807) is 0 Å². The van der Waals surface area contributed by atoms with Crippen molar-refractivity contribution in [3.05, 3.63) is 35.9 Å². The van der Waals surface area contributed by atoms with E-state index in [2.05, 4.69) is 24.1 Å². The van der Waals surface area contributed by atoms with Gasteiger partial charge in [0, 0.05) is 31.8 Å². The summed E-state index contributed by atoms with van der Waals surface area (Å²) in [4.78, 5) is 14.5. The maximum atomic E-state index is 12.1. The first-order valence-corrected chi connectivity index (χ1v) is 8.94. The van der Waals surface area contributed by atoms with Gasteiger partial charge in [0.25, 0.3) is 0 Å². The molecule has 0 aliphatic carbocycles. The van der Waals surface area contributed by atoms with Gasteiger partial charge in [-0.1, -0.05) is 37.3 Å². The molecule has 1 aromatic carbocycles. The van der Waals surface area contributed by atoms with E-state index >= 15 is 0 Å². The Bertz CT molecular complexity index is 495. The lowest BCUT2D eigenvalue weighted by atomic mass is 9.90. The maximum absolute atomic E-state index is 12.1. The highest BCUT2D eigenvalue weighted by Crippen LogP contribution is 2.22.